The first-order valence-corrected chi connectivity index (χ1v) is 7.69. The highest BCUT2D eigenvalue weighted by Gasteiger charge is 2.48. The smallest absolute Gasteiger partial charge is 0.213 e. The van der Waals surface area contributed by atoms with Gasteiger partial charge in [0.2, 0.25) is 5.88 Å². The maximum Gasteiger partial charge on any atom is 0.213 e. The highest BCUT2D eigenvalue weighted by atomic mass is 32.1. The van der Waals surface area contributed by atoms with E-state index >= 15 is 0 Å². The van der Waals surface area contributed by atoms with Crippen molar-refractivity contribution in [2.75, 3.05) is 6.61 Å². The molecule has 0 spiro atoms. The molecule has 0 bridgehead atoms. The molecule has 0 atom stereocenters. The topological polar surface area (TPSA) is 55.7 Å². The van der Waals surface area contributed by atoms with E-state index in [0.29, 0.717) is 23.2 Å². The Morgan fingerprint density at radius 2 is 2.29 bits per heavy atom. The molecule has 3 rings (SSSR count). The minimum atomic E-state index is -0.0868. The van der Waals surface area contributed by atoms with Crippen LogP contribution >= 0.6 is 12.2 Å². The molecule has 2 heterocycles. The third kappa shape index (κ3) is 2.27. The fourth-order valence-corrected chi connectivity index (χ4v) is 3.52. The quantitative estimate of drug-likeness (QED) is 0.882. The Balaban J connectivity index is 2.08. The summed E-state index contributed by atoms with van der Waals surface area (Å²) in [5.41, 5.74) is 1.12. The van der Waals surface area contributed by atoms with E-state index in [1.807, 2.05) is 30.8 Å². The molecule has 2 aromatic rings. The molecule has 1 saturated carbocycles. The second kappa shape index (κ2) is 5.26. The van der Waals surface area contributed by atoms with Crippen LogP contribution in [0, 0.1) is 10.7 Å². The lowest BCUT2D eigenvalue weighted by Crippen LogP contribution is -2.43. The van der Waals surface area contributed by atoms with Gasteiger partial charge in [-0.25, -0.2) is 4.98 Å². The van der Waals surface area contributed by atoms with E-state index in [9.17, 15) is 0 Å². The Morgan fingerprint density at radius 1 is 1.52 bits per heavy atom. The van der Waals surface area contributed by atoms with Gasteiger partial charge in [0.25, 0.3) is 0 Å². The second-order valence-electron chi connectivity index (χ2n) is 5.82. The average Bonchev–Trinajstić information content (AvgIpc) is 2.76. The van der Waals surface area contributed by atoms with E-state index in [0.717, 1.165) is 18.7 Å². The van der Waals surface area contributed by atoms with Crippen molar-refractivity contribution in [2.45, 2.75) is 32.1 Å². The van der Waals surface area contributed by atoms with Gasteiger partial charge in [-0.1, -0.05) is 6.92 Å². The van der Waals surface area contributed by atoms with Crippen molar-refractivity contribution in [1.82, 2.24) is 19.7 Å². The summed E-state index contributed by atoms with van der Waals surface area (Å²) >= 11 is 5.27. The molecular weight excluding hydrogens is 284 g/mol. The fraction of sp³-hybridized carbons (Fsp3) is 0.533. The van der Waals surface area contributed by atoms with Crippen molar-refractivity contribution in [3.05, 3.63) is 34.5 Å². The maximum absolute atomic E-state index is 5.54. The van der Waals surface area contributed by atoms with E-state index in [1.165, 1.54) is 5.56 Å². The van der Waals surface area contributed by atoms with Crippen molar-refractivity contribution < 1.29 is 4.74 Å². The van der Waals surface area contributed by atoms with Crippen LogP contribution in [0.2, 0.25) is 0 Å². The molecule has 21 heavy (non-hydrogen) atoms. The lowest BCUT2D eigenvalue weighted by molar-refractivity contribution is 0.184. The van der Waals surface area contributed by atoms with E-state index < -0.39 is 0 Å². The SMILES string of the molecule is CCOc1cc(C2(c3n[nH]c(=S)n3C)CC(C)C2)ccn1. The number of hydrogen-bond acceptors (Lipinski definition) is 4. The number of ether oxygens (including phenoxy) is 1. The van der Waals surface area contributed by atoms with Crippen molar-refractivity contribution in [3.63, 3.8) is 0 Å². The van der Waals surface area contributed by atoms with Gasteiger partial charge in [-0.05, 0) is 49.5 Å². The molecule has 1 aliphatic carbocycles. The zero-order valence-corrected chi connectivity index (χ0v) is 13.4. The second-order valence-corrected chi connectivity index (χ2v) is 6.21. The van der Waals surface area contributed by atoms with Crippen LogP contribution in [0.4, 0.5) is 0 Å². The van der Waals surface area contributed by atoms with Gasteiger partial charge in [0.1, 0.15) is 5.82 Å². The molecule has 0 saturated heterocycles. The van der Waals surface area contributed by atoms with Gasteiger partial charge in [-0.15, -0.1) is 0 Å². The van der Waals surface area contributed by atoms with Crippen molar-refractivity contribution in [1.29, 1.82) is 0 Å². The summed E-state index contributed by atoms with van der Waals surface area (Å²) in [7, 11) is 1.97. The number of nitrogens with one attached hydrogen (secondary N) is 1. The molecule has 1 N–H and O–H groups in total. The Labute approximate surface area is 129 Å². The van der Waals surface area contributed by atoms with Crippen LogP contribution in [0.5, 0.6) is 5.88 Å². The number of nitrogens with zero attached hydrogens (tertiary/aromatic N) is 3. The molecule has 0 radical (unpaired) electrons. The zero-order valence-electron chi connectivity index (χ0n) is 12.6. The number of hydrogen-bond donors (Lipinski definition) is 1. The number of aromatic amines is 1. The van der Waals surface area contributed by atoms with Crippen molar-refractivity contribution in [2.24, 2.45) is 13.0 Å². The van der Waals surface area contributed by atoms with Crippen molar-refractivity contribution in [3.8, 4) is 5.88 Å². The monoisotopic (exact) mass is 304 g/mol. The van der Waals surface area contributed by atoms with Crippen LogP contribution in [0.3, 0.4) is 0 Å². The summed E-state index contributed by atoms with van der Waals surface area (Å²) in [5.74, 6) is 2.35. The first-order chi connectivity index (χ1) is 10.1. The molecule has 1 fully saturated rings. The average molecular weight is 304 g/mol. The highest BCUT2D eigenvalue weighted by Crippen LogP contribution is 2.51. The molecule has 5 nitrogen and oxygen atoms in total. The first kappa shape index (κ1) is 14.3. The van der Waals surface area contributed by atoms with E-state index in [1.54, 1.807) is 0 Å². The van der Waals surface area contributed by atoms with Crippen LogP contribution in [0.25, 0.3) is 0 Å². The molecule has 0 aromatic carbocycles. The summed E-state index contributed by atoms with van der Waals surface area (Å²) in [6.45, 7) is 4.85. The highest BCUT2D eigenvalue weighted by molar-refractivity contribution is 7.71. The fourth-order valence-electron chi connectivity index (χ4n) is 3.39. The van der Waals surface area contributed by atoms with Crippen LogP contribution in [-0.2, 0) is 12.5 Å². The third-order valence-corrected chi connectivity index (χ3v) is 4.65. The van der Waals surface area contributed by atoms with Gasteiger partial charge in [0, 0.05) is 19.3 Å². The minimum absolute atomic E-state index is 0.0868. The standard InChI is InChI=1S/C15H20N4OS/c1-4-20-12-7-11(5-6-16-12)15(8-10(2)9-15)13-17-18-14(21)19(13)3/h5-7,10H,4,8-9H2,1-3H3,(H,18,21). The largest absolute Gasteiger partial charge is 0.478 e. The summed E-state index contributed by atoms with van der Waals surface area (Å²) in [6, 6.07) is 4.10. The number of pyridine rings is 1. The van der Waals surface area contributed by atoms with E-state index in [2.05, 4.69) is 28.2 Å². The van der Waals surface area contributed by atoms with Crippen molar-refractivity contribution >= 4 is 12.2 Å². The molecule has 112 valence electrons. The van der Waals surface area contributed by atoms with Gasteiger partial charge in [0.05, 0.1) is 12.0 Å². The normalized spacial score (nSPS) is 24.6. The molecule has 0 unspecified atom stereocenters. The van der Waals surface area contributed by atoms with Crippen LogP contribution in [0.1, 0.15) is 38.1 Å². The third-order valence-electron chi connectivity index (χ3n) is 4.28. The van der Waals surface area contributed by atoms with Crippen LogP contribution in [0.15, 0.2) is 18.3 Å². The maximum atomic E-state index is 5.54. The summed E-state index contributed by atoms with van der Waals surface area (Å²) in [4.78, 5) is 4.26. The minimum Gasteiger partial charge on any atom is -0.478 e. The van der Waals surface area contributed by atoms with E-state index in [-0.39, 0.29) is 5.41 Å². The molecule has 1 aliphatic rings. The lowest BCUT2D eigenvalue weighted by Gasteiger charge is -2.46. The van der Waals surface area contributed by atoms with Gasteiger partial charge in [0.15, 0.2) is 4.77 Å². The number of H-pyrrole nitrogens is 1. The molecule has 0 amide bonds. The zero-order chi connectivity index (χ0) is 15.0. The van der Waals surface area contributed by atoms with Gasteiger partial charge in [-0.2, -0.15) is 5.10 Å². The Bertz CT molecular complexity index is 700. The predicted molar refractivity (Wildman–Crippen MR) is 83.0 cm³/mol. The van der Waals surface area contributed by atoms with Crippen LogP contribution in [-0.4, -0.2) is 26.4 Å². The van der Waals surface area contributed by atoms with Crippen LogP contribution < -0.4 is 4.74 Å². The molecule has 0 aliphatic heterocycles. The number of aromatic nitrogens is 4. The predicted octanol–water partition coefficient (Wildman–Crippen LogP) is 2.99. The van der Waals surface area contributed by atoms with Gasteiger partial charge < -0.3 is 9.30 Å². The molecule has 2 aromatic heterocycles. The summed E-state index contributed by atoms with van der Waals surface area (Å²) in [6.07, 6.45) is 3.94. The Morgan fingerprint density at radius 3 is 2.86 bits per heavy atom. The first-order valence-electron chi connectivity index (χ1n) is 7.28. The molecule has 6 heteroatoms. The van der Waals surface area contributed by atoms with Gasteiger partial charge in [-0.3, -0.25) is 5.10 Å². The van der Waals surface area contributed by atoms with E-state index in [4.69, 9.17) is 17.0 Å². The summed E-state index contributed by atoms with van der Waals surface area (Å²) in [5, 5.41) is 7.38. The molecular formula is C15H20N4OS. The Kier molecular flexibility index (Phi) is 3.57. The number of rotatable bonds is 4. The summed E-state index contributed by atoms with van der Waals surface area (Å²) < 4.78 is 8.17. The lowest BCUT2D eigenvalue weighted by atomic mass is 9.58. The Hall–Kier alpha value is -1.69. The van der Waals surface area contributed by atoms with Gasteiger partial charge >= 0.3 is 0 Å².